The van der Waals surface area contributed by atoms with Crippen LogP contribution in [0.4, 0.5) is 0 Å². The molecule has 2 aliphatic rings. The number of nitrogens with one attached hydrogen (secondary N) is 2. The highest BCUT2D eigenvalue weighted by molar-refractivity contribution is 7.99. The number of hydrogen-bond donors (Lipinski definition) is 2. The van der Waals surface area contributed by atoms with Gasteiger partial charge in [0.1, 0.15) is 5.76 Å². The molecule has 24 heavy (non-hydrogen) atoms. The van der Waals surface area contributed by atoms with E-state index in [-0.39, 0.29) is 0 Å². The van der Waals surface area contributed by atoms with Gasteiger partial charge in [-0.3, -0.25) is 9.89 Å². The monoisotopic (exact) mass is 350 g/mol. The van der Waals surface area contributed by atoms with E-state index in [2.05, 4.69) is 32.3 Å². The van der Waals surface area contributed by atoms with Crippen LogP contribution in [0, 0.1) is 0 Å². The molecule has 1 aromatic rings. The molecule has 0 amide bonds. The third-order valence-corrected chi connectivity index (χ3v) is 6.21. The van der Waals surface area contributed by atoms with Gasteiger partial charge in [-0.25, -0.2) is 0 Å². The zero-order valence-corrected chi connectivity index (χ0v) is 15.5. The summed E-state index contributed by atoms with van der Waals surface area (Å²) in [5, 5.41) is 7.00. The van der Waals surface area contributed by atoms with Gasteiger partial charge in [0, 0.05) is 56.7 Å². The fourth-order valence-electron chi connectivity index (χ4n) is 3.90. The second-order valence-corrected chi connectivity index (χ2v) is 7.94. The van der Waals surface area contributed by atoms with Crippen LogP contribution in [0.5, 0.6) is 0 Å². The minimum atomic E-state index is 0.333. The van der Waals surface area contributed by atoms with Crippen LogP contribution < -0.4 is 10.6 Å². The van der Waals surface area contributed by atoms with Gasteiger partial charge in [-0.05, 0) is 25.0 Å². The first-order chi connectivity index (χ1) is 11.8. The third kappa shape index (κ3) is 4.48. The summed E-state index contributed by atoms with van der Waals surface area (Å²) in [5.74, 6) is 4.46. The van der Waals surface area contributed by atoms with Crippen LogP contribution in [-0.4, -0.2) is 61.1 Å². The molecule has 1 aliphatic heterocycles. The number of hydrogen-bond acceptors (Lipinski definition) is 4. The highest BCUT2D eigenvalue weighted by Crippen LogP contribution is 2.36. The van der Waals surface area contributed by atoms with E-state index in [4.69, 9.17) is 4.42 Å². The Morgan fingerprint density at radius 1 is 1.29 bits per heavy atom. The summed E-state index contributed by atoms with van der Waals surface area (Å²) in [6.07, 6.45) is 7.94. The predicted molar refractivity (Wildman–Crippen MR) is 102 cm³/mol. The number of guanidine groups is 1. The molecule has 6 heteroatoms. The van der Waals surface area contributed by atoms with Crippen molar-refractivity contribution in [1.82, 2.24) is 15.5 Å². The lowest BCUT2D eigenvalue weighted by Gasteiger charge is -2.43. The van der Waals surface area contributed by atoms with Crippen molar-refractivity contribution in [3.8, 4) is 0 Å². The van der Waals surface area contributed by atoms with Crippen molar-refractivity contribution in [2.75, 3.05) is 44.7 Å². The Kier molecular flexibility index (Phi) is 6.49. The highest BCUT2D eigenvalue weighted by atomic mass is 32.2. The molecule has 5 nitrogen and oxygen atoms in total. The molecule has 0 spiro atoms. The van der Waals surface area contributed by atoms with Gasteiger partial charge in [-0.15, -0.1) is 0 Å². The molecule has 2 fully saturated rings. The minimum absolute atomic E-state index is 0.333. The zero-order valence-electron chi connectivity index (χ0n) is 14.7. The average Bonchev–Trinajstić information content (AvgIpc) is 3.31. The molecule has 0 bridgehead atoms. The average molecular weight is 351 g/mol. The lowest BCUT2D eigenvalue weighted by Crippen LogP contribution is -2.57. The molecule has 3 rings (SSSR count). The van der Waals surface area contributed by atoms with E-state index in [1.54, 1.807) is 6.26 Å². The molecule has 0 unspecified atom stereocenters. The SMILES string of the molecule is CN=C(NCCc1ccco1)NCC1(N2CCSCC2)CCCC1. The van der Waals surface area contributed by atoms with Crippen molar-refractivity contribution in [2.45, 2.75) is 37.6 Å². The van der Waals surface area contributed by atoms with Gasteiger partial charge in [0.2, 0.25) is 0 Å². The molecule has 1 saturated heterocycles. The maximum atomic E-state index is 5.38. The van der Waals surface area contributed by atoms with Crippen molar-refractivity contribution in [2.24, 2.45) is 4.99 Å². The van der Waals surface area contributed by atoms with Crippen LogP contribution >= 0.6 is 11.8 Å². The maximum Gasteiger partial charge on any atom is 0.191 e. The van der Waals surface area contributed by atoms with Crippen LogP contribution in [0.15, 0.2) is 27.8 Å². The summed E-state index contributed by atoms with van der Waals surface area (Å²) in [6.45, 7) is 4.30. The number of thioether (sulfide) groups is 1. The Hall–Kier alpha value is -1.14. The van der Waals surface area contributed by atoms with Crippen molar-refractivity contribution in [3.05, 3.63) is 24.2 Å². The lowest BCUT2D eigenvalue weighted by atomic mass is 9.94. The standard InChI is InChI=1S/C18H30N4OS/c1-19-17(20-9-6-16-5-4-12-23-16)21-15-18(7-2-3-8-18)22-10-13-24-14-11-22/h4-5,12H,2-3,6-11,13-15H2,1H3,(H2,19,20,21). The van der Waals surface area contributed by atoms with E-state index < -0.39 is 0 Å². The smallest absolute Gasteiger partial charge is 0.191 e. The summed E-state index contributed by atoms with van der Waals surface area (Å²) in [5.41, 5.74) is 0.333. The first-order valence-electron chi connectivity index (χ1n) is 9.12. The molecular weight excluding hydrogens is 320 g/mol. The van der Waals surface area contributed by atoms with Gasteiger partial charge in [0.15, 0.2) is 5.96 Å². The highest BCUT2D eigenvalue weighted by Gasteiger charge is 2.39. The van der Waals surface area contributed by atoms with Crippen LogP contribution in [0.2, 0.25) is 0 Å². The maximum absolute atomic E-state index is 5.38. The molecule has 1 saturated carbocycles. The fraction of sp³-hybridized carbons (Fsp3) is 0.722. The van der Waals surface area contributed by atoms with Crippen molar-refractivity contribution >= 4 is 17.7 Å². The second kappa shape index (κ2) is 8.81. The van der Waals surface area contributed by atoms with Gasteiger partial charge in [-0.1, -0.05) is 12.8 Å². The Morgan fingerprint density at radius 3 is 2.75 bits per heavy atom. The second-order valence-electron chi connectivity index (χ2n) is 6.71. The van der Waals surface area contributed by atoms with Gasteiger partial charge < -0.3 is 15.1 Å². The van der Waals surface area contributed by atoms with E-state index in [0.717, 1.165) is 31.2 Å². The summed E-state index contributed by atoms with van der Waals surface area (Å²) in [6, 6.07) is 3.95. The quantitative estimate of drug-likeness (QED) is 0.609. The number of rotatable bonds is 6. The molecule has 0 radical (unpaired) electrons. The normalized spacial score (nSPS) is 21.8. The molecule has 0 aromatic carbocycles. The molecule has 0 atom stereocenters. The largest absolute Gasteiger partial charge is 0.469 e. The summed E-state index contributed by atoms with van der Waals surface area (Å²) < 4.78 is 5.38. The Morgan fingerprint density at radius 2 is 2.08 bits per heavy atom. The third-order valence-electron chi connectivity index (χ3n) is 5.27. The van der Waals surface area contributed by atoms with Gasteiger partial charge in [0.25, 0.3) is 0 Å². The van der Waals surface area contributed by atoms with E-state index in [1.807, 2.05) is 19.2 Å². The van der Waals surface area contributed by atoms with E-state index in [1.165, 1.54) is 50.3 Å². The fourth-order valence-corrected chi connectivity index (χ4v) is 4.81. The van der Waals surface area contributed by atoms with E-state index in [0.29, 0.717) is 5.54 Å². The van der Waals surface area contributed by atoms with Gasteiger partial charge >= 0.3 is 0 Å². The number of nitrogens with zero attached hydrogens (tertiary/aromatic N) is 2. The molecule has 134 valence electrons. The first-order valence-corrected chi connectivity index (χ1v) is 10.3. The van der Waals surface area contributed by atoms with Crippen molar-refractivity contribution < 1.29 is 4.42 Å². The molecule has 1 aromatic heterocycles. The first kappa shape index (κ1) is 17.7. The van der Waals surface area contributed by atoms with E-state index in [9.17, 15) is 0 Å². The van der Waals surface area contributed by atoms with Crippen LogP contribution in [0.3, 0.4) is 0 Å². The molecule has 1 aliphatic carbocycles. The van der Waals surface area contributed by atoms with Crippen LogP contribution in [-0.2, 0) is 6.42 Å². The topological polar surface area (TPSA) is 52.8 Å². The van der Waals surface area contributed by atoms with E-state index >= 15 is 0 Å². The van der Waals surface area contributed by atoms with Gasteiger partial charge in [-0.2, -0.15) is 11.8 Å². The lowest BCUT2D eigenvalue weighted by molar-refractivity contribution is 0.107. The molecule has 2 N–H and O–H groups in total. The predicted octanol–water partition coefficient (Wildman–Crippen LogP) is 2.35. The minimum Gasteiger partial charge on any atom is -0.469 e. The van der Waals surface area contributed by atoms with Crippen LogP contribution in [0.25, 0.3) is 0 Å². The summed E-state index contributed by atoms with van der Waals surface area (Å²) in [4.78, 5) is 7.12. The number of aliphatic imine (C=N–C) groups is 1. The summed E-state index contributed by atoms with van der Waals surface area (Å²) >= 11 is 2.09. The summed E-state index contributed by atoms with van der Waals surface area (Å²) in [7, 11) is 1.85. The molecular formula is C18H30N4OS. The van der Waals surface area contributed by atoms with Gasteiger partial charge in [0.05, 0.1) is 6.26 Å². The Bertz CT molecular complexity index is 505. The Balaban J connectivity index is 1.49. The Labute approximate surface area is 149 Å². The van der Waals surface area contributed by atoms with Crippen molar-refractivity contribution in [1.29, 1.82) is 0 Å². The molecule has 2 heterocycles. The number of furan rings is 1. The van der Waals surface area contributed by atoms with Crippen molar-refractivity contribution in [3.63, 3.8) is 0 Å². The van der Waals surface area contributed by atoms with Crippen LogP contribution in [0.1, 0.15) is 31.4 Å². The zero-order chi connectivity index (χ0) is 16.7.